The summed E-state index contributed by atoms with van der Waals surface area (Å²) in [4.78, 5) is 25.3. The van der Waals surface area contributed by atoms with Gasteiger partial charge in [0.15, 0.2) is 0 Å². The standard InChI is InChI=1S/C19H26N2O4/c1-2-3-4-14-5-7-15(8-6-14)19(22)20-11-12-25-18-10-9-16(21(23)24)13-17(18)20/h9-10,13-15H,2-8,11-12H2,1H3. The first kappa shape index (κ1) is 17.7. The molecule has 25 heavy (non-hydrogen) atoms. The Balaban J connectivity index is 1.70. The van der Waals surface area contributed by atoms with Crippen molar-refractivity contribution in [3.05, 3.63) is 28.3 Å². The Morgan fingerprint density at radius 3 is 2.76 bits per heavy atom. The van der Waals surface area contributed by atoms with E-state index in [0.29, 0.717) is 24.6 Å². The molecule has 136 valence electrons. The van der Waals surface area contributed by atoms with E-state index in [1.165, 1.54) is 31.4 Å². The maximum atomic E-state index is 13.0. The molecule has 1 aliphatic heterocycles. The van der Waals surface area contributed by atoms with E-state index in [2.05, 4.69) is 6.92 Å². The van der Waals surface area contributed by atoms with Gasteiger partial charge in [0, 0.05) is 18.1 Å². The number of hydrogen-bond acceptors (Lipinski definition) is 4. The molecule has 0 unspecified atom stereocenters. The van der Waals surface area contributed by atoms with E-state index in [-0.39, 0.29) is 17.5 Å². The highest BCUT2D eigenvalue weighted by atomic mass is 16.6. The number of nitro groups is 1. The fourth-order valence-corrected chi connectivity index (χ4v) is 3.96. The third-order valence-electron chi connectivity index (χ3n) is 5.44. The van der Waals surface area contributed by atoms with Gasteiger partial charge in [0.1, 0.15) is 12.4 Å². The van der Waals surface area contributed by atoms with Crippen molar-refractivity contribution >= 4 is 17.3 Å². The smallest absolute Gasteiger partial charge is 0.271 e. The summed E-state index contributed by atoms with van der Waals surface area (Å²) in [5.74, 6) is 1.44. The second-order valence-corrected chi connectivity index (χ2v) is 7.11. The number of amides is 1. The van der Waals surface area contributed by atoms with Crippen molar-refractivity contribution < 1.29 is 14.5 Å². The van der Waals surface area contributed by atoms with Crippen molar-refractivity contribution in [2.75, 3.05) is 18.1 Å². The first-order valence-electron chi connectivity index (χ1n) is 9.32. The Kier molecular flexibility index (Phi) is 5.56. The molecule has 2 aliphatic rings. The maximum Gasteiger partial charge on any atom is 0.271 e. The summed E-state index contributed by atoms with van der Waals surface area (Å²) in [5.41, 5.74) is 0.531. The first-order valence-corrected chi connectivity index (χ1v) is 9.32. The number of carbonyl (C=O) groups is 1. The topological polar surface area (TPSA) is 72.7 Å². The predicted molar refractivity (Wildman–Crippen MR) is 95.9 cm³/mol. The number of nitrogens with zero attached hydrogens (tertiary/aromatic N) is 2. The summed E-state index contributed by atoms with van der Waals surface area (Å²) < 4.78 is 5.57. The van der Waals surface area contributed by atoms with Crippen molar-refractivity contribution in [3.63, 3.8) is 0 Å². The van der Waals surface area contributed by atoms with Crippen molar-refractivity contribution in [2.24, 2.45) is 11.8 Å². The van der Waals surface area contributed by atoms with Crippen LogP contribution in [0.5, 0.6) is 5.75 Å². The van der Waals surface area contributed by atoms with Gasteiger partial charge in [-0.3, -0.25) is 14.9 Å². The Labute approximate surface area is 148 Å². The number of ether oxygens (including phenoxy) is 1. The van der Waals surface area contributed by atoms with Gasteiger partial charge in [-0.15, -0.1) is 0 Å². The lowest BCUT2D eigenvalue weighted by atomic mass is 9.79. The fraction of sp³-hybridized carbons (Fsp3) is 0.632. The molecule has 3 rings (SSSR count). The van der Waals surface area contributed by atoms with Gasteiger partial charge in [-0.05, 0) is 37.7 Å². The van der Waals surface area contributed by atoms with E-state index < -0.39 is 4.92 Å². The van der Waals surface area contributed by atoms with Crippen LogP contribution in [0, 0.1) is 22.0 Å². The SMILES string of the molecule is CCCCC1CCC(C(=O)N2CCOc3ccc([N+](=O)[O-])cc32)CC1. The van der Waals surface area contributed by atoms with Crippen LogP contribution in [0.3, 0.4) is 0 Å². The summed E-state index contributed by atoms with van der Waals surface area (Å²) in [6.07, 6.45) is 7.84. The summed E-state index contributed by atoms with van der Waals surface area (Å²) in [7, 11) is 0. The van der Waals surface area contributed by atoms with Crippen LogP contribution >= 0.6 is 0 Å². The monoisotopic (exact) mass is 346 g/mol. The second-order valence-electron chi connectivity index (χ2n) is 7.11. The summed E-state index contributed by atoms with van der Waals surface area (Å²) in [6.45, 7) is 3.11. The zero-order valence-electron chi connectivity index (χ0n) is 14.8. The maximum absolute atomic E-state index is 13.0. The lowest BCUT2D eigenvalue weighted by molar-refractivity contribution is -0.384. The van der Waals surface area contributed by atoms with E-state index in [1.807, 2.05) is 0 Å². The third-order valence-corrected chi connectivity index (χ3v) is 5.44. The number of unbranched alkanes of at least 4 members (excludes halogenated alkanes) is 1. The van der Waals surface area contributed by atoms with Crippen LogP contribution in [0.4, 0.5) is 11.4 Å². The van der Waals surface area contributed by atoms with Crippen LogP contribution in [-0.4, -0.2) is 24.0 Å². The van der Waals surface area contributed by atoms with Crippen molar-refractivity contribution in [2.45, 2.75) is 51.9 Å². The quantitative estimate of drug-likeness (QED) is 0.588. The first-order chi connectivity index (χ1) is 12.1. The molecular weight excluding hydrogens is 320 g/mol. The molecule has 0 saturated heterocycles. The fourth-order valence-electron chi connectivity index (χ4n) is 3.96. The summed E-state index contributed by atoms with van der Waals surface area (Å²) in [6, 6.07) is 4.47. The average molecular weight is 346 g/mol. The molecule has 1 aromatic rings. The number of hydrogen-bond donors (Lipinski definition) is 0. The van der Waals surface area contributed by atoms with Crippen molar-refractivity contribution in [1.29, 1.82) is 0 Å². The molecule has 6 nitrogen and oxygen atoms in total. The van der Waals surface area contributed by atoms with Gasteiger partial charge in [-0.2, -0.15) is 0 Å². The minimum atomic E-state index is -0.434. The van der Waals surface area contributed by atoms with Crippen LogP contribution in [0.15, 0.2) is 18.2 Å². The van der Waals surface area contributed by atoms with E-state index >= 15 is 0 Å². The highest BCUT2D eigenvalue weighted by Gasteiger charge is 2.33. The molecule has 1 aromatic carbocycles. The molecule has 6 heteroatoms. The zero-order valence-corrected chi connectivity index (χ0v) is 14.8. The number of rotatable bonds is 5. The molecule has 0 N–H and O–H groups in total. The van der Waals surface area contributed by atoms with E-state index in [9.17, 15) is 14.9 Å². The molecule has 0 bridgehead atoms. The van der Waals surface area contributed by atoms with Crippen LogP contribution in [0.1, 0.15) is 51.9 Å². The molecule has 0 aromatic heterocycles. The van der Waals surface area contributed by atoms with Gasteiger partial charge in [0.25, 0.3) is 5.69 Å². The lowest BCUT2D eigenvalue weighted by Gasteiger charge is -2.34. The second kappa shape index (κ2) is 7.85. The Morgan fingerprint density at radius 2 is 2.08 bits per heavy atom. The number of anilines is 1. The lowest BCUT2D eigenvalue weighted by Crippen LogP contribution is -2.42. The normalized spacial score (nSPS) is 22.8. The number of benzene rings is 1. The van der Waals surface area contributed by atoms with E-state index in [0.717, 1.165) is 31.6 Å². The van der Waals surface area contributed by atoms with Gasteiger partial charge in [0.2, 0.25) is 5.91 Å². The third kappa shape index (κ3) is 3.94. The van der Waals surface area contributed by atoms with Crippen LogP contribution in [0.2, 0.25) is 0 Å². The van der Waals surface area contributed by atoms with E-state index in [4.69, 9.17) is 4.74 Å². The predicted octanol–water partition coefficient (Wildman–Crippen LogP) is 4.32. The number of carbonyl (C=O) groups excluding carboxylic acids is 1. The number of fused-ring (bicyclic) bond motifs is 1. The highest BCUT2D eigenvalue weighted by Crippen LogP contribution is 2.38. The Morgan fingerprint density at radius 1 is 1.32 bits per heavy atom. The van der Waals surface area contributed by atoms with Gasteiger partial charge in [-0.1, -0.05) is 26.2 Å². The molecule has 0 radical (unpaired) electrons. The van der Waals surface area contributed by atoms with Gasteiger partial charge in [-0.25, -0.2) is 0 Å². The van der Waals surface area contributed by atoms with Crippen molar-refractivity contribution in [3.8, 4) is 5.75 Å². The largest absolute Gasteiger partial charge is 0.490 e. The van der Waals surface area contributed by atoms with E-state index in [1.54, 1.807) is 11.0 Å². The zero-order chi connectivity index (χ0) is 17.8. The van der Waals surface area contributed by atoms with Gasteiger partial charge < -0.3 is 9.64 Å². The number of nitro benzene ring substituents is 1. The molecule has 0 atom stereocenters. The number of non-ortho nitro benzene ring substituents is 1. The minimum absolute atomic E-state index is 0.00896. The minimum Gasteiger partial charge on any atom is -0.490 e. The average Bonchev–Trinajstić information content (AvgIpc) is 2.65. The highest BCUT2D eigenvalue weighted by molar-refractivity contribution is 5.97. The molecule has 1 fully saturated rings. The van der Waals surface area contributed by atoms with Crippen LogP contribution in [-0.2, 0) is 4.79 Å². The van der Waals surface area contributed by atoms with Crippen LogP contribution in [0.25, 0.3) is 0 Å². The molecule has 1 amide bonds. The van der Waals surface area contributed by atoms with Crippen LogP contribution < -0.4 is 9.64 Å². The molecule has 1 aliphatic carbocycles. The molecule has 0 spiro atoms. The molecular formula is C19H26N2O4. The van der Waals surface area contributed by atoms with Crippen molar-refractivity contribution in [1.82, 2.24) is 0 Å². The van der Waals surface area contributed by atoms with Gasteiger partial charge in [0.05, 0.1) is 17.2 Å². The Hall–Kier alpha value is -2.11. The summed E-state index contributed by atoms with van der Waals surface area (Å²) in [5, 5.41) is 11.0. The molecule has 1 saturated carbocycles. The van der Waals surface area contributed by atoms with Gasteiger partial charge >= 0.3 is 0 Å². The molecule has 1 heterocycles. The summed E-state index contributed by atoms with van der Waals surface area (Å²) >= 11 is 0. The Bertz CT molecular complexity index is 638.